The number of rotatable bonds is 3. The number of hydrogen-bond donors (Lipinski definition) is 0. The van der Waals surface area contributed by atoms with Crippen LogP contribution >= 0.6 is 0 Å². The highest BCUT2D eigenvalue weighted by Crippen LogP contribution is 2.35. The van der Waals surface area contributed by atoms with Crippen molar-refractivity contribution in [1.29, 1.82) is 0 Å². The lowest BCUT2D eigenvalue weighted by Gasteiger charge is -2.25. The Morgan fingerprint density at radius 3 is 2.85 bits per heavy atom. The zero-order valence-corrected chi connectivity index (χ0v) is 8.97. The minimum absolute atomic E-state index is 0.0913. The maximum atomic E-state index is 5.69. The second-order valence-corrected chi connectivity index (χ2v) is 4.24. The van der Waals surface area contributed by atoms with E-state index in [1.54, 1.807) is 0 Å². The minimum Gasteiger partial charge on any atom is -0.371 e. The SMILES string of the molecule is C=CC1(C)OCCC1CC=C(C)C. The van der Waals surface area contributed by atoms with Gasteiger partial charge in [0.2, 0.25) is 0 Å². The predicted molar refractivity (Wildman–Crippen MR) is 56.7 cm³/mol. The van der Waals surface area contributed by atoms with E-state index in [1.165, 1.54) is 5.57 Å². The molecule has 1 fully saturated rings. The Balaban J connectivity index is 2.59. The Bertz CT molecular complexity index is 213. The van der Waals surface area contributed by atoms with Gasteiger partial charge in [0.1, 0.15) is 0 Å². The third-order valence-electron chi connectivity index (χ3n) is 2.91. The molecule has 1 rings (SSSR count). The molecule has 1 aliphatic heterocycles. The molecule has 0 aromatic rings. The molecule has 1 nitrogen and oxygen atoms in total. The van der Waals surface area contributed by atoms with Crippen molar-refractivity contribution in [2.45, 2.75) is 39.2 Å². The molecule has 0 aromatic heterocycles. The maximum Gasteiger partial charge on any atom is 0.0863 e. The normalized spacial score (nSPS) is 33.0. The van der Waals surface area contributed by atoms with Crippen molar-refractivity contribution < 1.29 is 4.74 Å². The van der Waals surface area contributed by atoms with E-state index < -0.39 is 0 Å². The van der Waals surface area contributed by atoms with Crippen LogP contribution in [0.5, 0.6) is 0 Å². The molecule has 0 aliphatic carbocycles. The van der Waals surface area contributed by atoms with Crippen LogP contribution in [-0.4, -0.2) is 12.2 Å². The van der Waals surface area contributed by atoms with Crippen molar-refractivity contribution in [1.82, 2.24) is 0 Å². The summed E-state index contributed by atoms with van der Waals surface area (Å²) >= 11 is 0. The van der Waals surface area contributed by atoms with Gasteiger partial charge in [-0.2, -0.15) is 0 Å². The zero-order chi connectivity index (χ0) is 9.90. The molecular weight excluding hydrogens is 160 g/mol. The van der Waals surface area contributed by atoms with Gasteiger partial charge in [-0.25, -0.2) is 0 Å². The van der Waals surface area contributed by atoms with Crippen molar-refractivity contribution >= 4 is 0 Å². The molecule has 0 N–H and O–H groups in total. The highest BCUT2D eigenvalue weighted by molar-refractivity contribution is 5.05. The summed E-state index contributed by atoms with van der Waals surface area (Å²) in [6.45, 7) is 11.1. The Kier molecular flexibility index (Phi) is 3.32. The molecule has 0 radical (unpaired) electrons. The van der Waals surface area contributed by atoms with E-state index in [4.69, 9.17) is 4.74 Å². The van der Waals surface area contributed by atoms with Gasteiger partial charge in [0.05, 0.1) is 5.60 Å². The molecule has 1 aliphatic rings. The second-order valence-electron chi connectivity index (χ2n) is 4.24. The van der Waals surface area contributed by atoms with E-state index in [1.807, 2.05) is 6.08 Å². The van der Waals surface area contributed by atoms with E-state index in [0.29, 0.717) is 5.92 Å². The van der Waals surface area contributed by atoms with E-state index >= 15 is 0 Å². The Morgan fingerprint density at radius 2 is 2.31 bits per heavy atom. The Morgan fingerprint density at radius 1 is 1.62 bits per heavy atom. The van der Waals surface area contributed by atoms with Crippen molar-refractivity contribution in [3.05, 3.63) is 24.3 Å². The molecule has 1 saturated heterocycles. The van der Waals surface area contributed by atoms with Gasteiger partial charge >= 0.3 is 0 Å². The standard InChI is InChI=1S/C12H20O/c1-5-12(4)11(8-9-13-12)7-6-10(2)3/h5-6,11H,1,7-9H2,2-4H3. The molecule has 0 spiro atoms. The topological polar surface area (TPSA) is 9.23 Å². The maximum absolute atomic E-state index is 5.69. The summed E-state index contributed by atoms with van der Waals surface area (Å²) < 4.78 is 5.69. The number of ether oxygens (including phenoxy) is 1. The largest absolute Gasteiger partial charge is 0.371 e. The number of hydrogen-bond acceptors (Lipinski definition) is 1. The van der Waals surface area contributed by atoms with Crippen LogP contribution in [0.4, 0.5) is 0 Å². The molecule has 2 atom stereocenters. The van der Waals surface area contributed by atoms with E-state index in [9.17, 15) is 0 Å². The highest BCUT2D eigenvalue weighted by atomic mass is 16.5. The van der Waals surface area contributed by atoms with Crippen LogP contribution in [0.25, 0.3) is 0 Å². The molecule has 1 heteroatoms. The van der Waals surface area contributed by atoms with Crippen LogP contribution in [0.1, 0.15) is 33.6 Å². The Hall–Kier alpha value is -0.560. The first-order valence-electron chi connectivity index (χ1n) is 4.99. The van der Waals surface area contributed by atoms with Crippen LogP contribution in [0, 0.1) is 5.92 Å². The summed E-state index contributed by atoms with van der Waals surface area (Å²) in [5.74, 6) is 0.611. The zero-order valence-electron chi connectivity index (χ0n) is 8.97. The van der Waals surface area contributed by atoms with Gasteiger partial charge in [-0.05, 0) is 39.5 Å². The lowest BCUT2D eigenvalue weighted by Crippen LogP contribution is -2.28. The average Bonchev–Trinajstić information content (AvgIpc) is 2.44. The molecule has 0 aromatic carbocycles. The van der Waals surface area contributed by atoms with Gasteiger partial charge in [-0.1, -0.05) is 17.7 Å². The minimum atomic E-state index is -0.0913. The fourth-order valence-corrected chi connectivity index (χ4v) is 1.78. The summed E-state index contributed by atoms with van der Waals surface area (Å²) in [6, 6.07) is 0. The van der Waals surface area contributed by atoms with Crippen LogP contribution in [0.3, 0.4) is 0 Å². The van der Waals surface area contributed by atoms with Gasteiger partial charge < -0.3 is 4.74 Å². The first-order chi connectivity index (χ1) is 6.08. The smallest absolute Gasteiger partial charge is 0.0863 e. The molecule has 2 unspecified atom stereocenters. The lowest BCUT2D eigenvalue weighted by atomic mass is 9.86. The summed E-state index contributed by atoms with van der Waals surface area (Å²) in [5, 5.41) is 0. The van der Waals surface area contributed by atoms with Gasteiger partial charge in [0, 0.05) is 6.61 Å². The fourth-order valence-electron chi connectivity index (χ4n) is 1.78. The quantitative estimate of drug-likeness (QED) is 0.605. The second kappa shape index (κ2) is 4.10. The summed E-state index contributed by atoms with van der Waals surface area (Å²) in [6.07, 6.45) is 6.52. The summed E-state index contributed by atoms with van der Waals surface area (Å²) in [7, 11) is 0. The monoisotopic (exact) mass is 180 g/mol. The molecule has 1 heterocycles. The Labute approximate surface area is 81.5 Å². The molecule has 13 heavy (non-hydrogen) atoms. The highest BCUT2D eigenvalue weighted by Gasteiger charge is 2.36. The molecule has 0 amide bonds. The van der Waals surface area contributed by atoms with Crippen molar-refractivity contribution in [2.24, 2.45) is 5.92 Å². The van der Waals surface area contributed by atoms with Crippen molar-refractivity contribution in [3.8, 4) is 0 Å². The molecular formula is C12H20O. The van der Waals surface area contributed by atoms with Crippen LogP contribution in [0.15, 0.2) is 24.3 Å². The van der Waals surface area contributed by atoms with E-state index in [0.717, 1.165) is 19.4 Å². The van der Waals surface area contributed by atoms with Gasteiger partial charge in [0.25, 0.3) is 0 Å². The molecule has 0 bridgehead atoms. The van der Waals surface area contributed by atoms with Crippen LogP contribution < -0.4 is 0 Å². The van der Waals surface area contributed by atoms with Crippen molar-refractivity contribution in [2.75, 3.05) is 6.61 Å². The fraction of sp³-hybridized carbons (Fsp3) is 0.667. The van der Waals surface area contributed by atoms with Gasteiger partial charge in [0.15, 0.2) is 0 Å². The summed E-state index contributed by atoms with van der Waals surface area (Å²) in [5.41, 5.74) is 1.30. The first-order valence-corrected chi connectivity index (χ1v) is 4.99. The molecule has 74 valence electrons. The third kappa shape index (κ3) is 2.44. The van der Waals surface area contributed by atoms with Crippen LogP contribution in [-0.2, 0) is 4.74 Å². The number of allylic oxidation sites excluding steroid dienone is 2. The predicted octanol–water partition coefficient (Wildman–Crippen LogP) is 3.32. The van der Waals surface area contributed by atoms with E-state index in [-0.39, 0.29) is 5.60 Å². The third-order valence-corrected chi connectivity index (χ3v) is 2.91. The van der Waals surface area contributed by atoms with Gasteiger partial charge in [-0.3, -0.25) is 0 Å². The van der Waals surface area contributed by atoms with Gasteiger partial charge in [-0.15, -0.1) is 6.58 Å². The van der Waals surface area contributed by atoms with E-state index in [2.05, 4.69) is 33.4 Å². The average molecular weight is 180 g/mol. The first kappa shape index (κ1) is 10.5. The summed E-state index contributed by atoms with van der Waals surface area (Å²) in [4.78, 5) is 0. The molecule has 0 saturated carbocycles. The van der Waals surface area contributed by atoms with Crippen molar-refractivity contribution in [3.63, 3.8) is 0 Å². The van der Waals surface area contributed by atoms with Crippen LogP contribution in [0.2, 0.25) is 0 Å². The lowest BCUT2D eigenvalue weighted by molar-refractivity contribution is 0.0379.